The van der Waals surface area contributed by atoms with E-state index in [1.165, 1.54) is 4.40 Å². The van der Waals surface area contributed by atoms with Crippen molar-refractivity contribution in [1.29, 1.82) is 0 Å². The minimum Gasteiger partial charge on any atom is -0.497 e. The van der Waals surface area contributed by atoms with Crippen LogP contribution in [0.1, 0.15) is 11.1 Å². The number of benzene rings is 2. The highest BCUT2D eigenvalue weighted by Gasteiger charge is 2.16. The second-order valence-electron chi connectivity index (χ2n) is 7.89. The minimum absolute atomic E-state index is 0.195. The lowest BCUT2D eigenvalue weighted by Gasteiger charge is -2.08. The molecule has 1 N–H and O–H groups in total. The molecule has 3 heterocycles. The van der Waals surface area contributed by atoms with Crippen LogP contribution < -0.4 is 15.7 Å². The van der Waals surface area contributed by atoms with Gasteiger partial charge in [-0.3, -0.25) is 4.79 Å². The highest BCUT2D eigenvalue weighted by atomic mass is 16.5. The second-order valence-corrected chi connectivity index (χ2v) is 7.89. The van der Waals surface area contributed by atoms with E-state index in [0.717, 1.165) is 32.8 Å². The number of nitrogens with one attached hydrogen (secondary N) is 1. The van der Waals surface area contributed by atoms with Gasteiger partial charge in [0, 0.05) is 23.6 Å². The second kappa shape index (κ2) is 7.94. The van der Waals surface area contributed by atoms with Crippen molar-refractivity contribution in [1.82, 2.24) is 23.8 Å². The number of aromatic nitrogens is 5. The lowest BCUT2D eigenvalue weighted by atomic mass is 10.1. The molecule has 9 nitrogen and oxygen atoms in total. The Kier molecular flexibility index (Phi) is 4.93. The molecular weight excluding hydrogens is 420 g/mol. The molecule has 0 radical (unpaired) electrons. The number of fused-ring (bicyclic) bond motifs is 3. The summed E-state index contributed by atoms with van der Waals surface area (Å²) in [5.41, 5.74) is 5.12. The van der Waals surface area contributed by atoms with Crippen LogP contribution in [0.4, 0.5) is 5.69 Å². The minimum atomic E-state index is -0.393. The molecule has 0 fully saturated rings. The molecule has 0 aliphatic carbocycles. The number of rotatable bonds is 5. The molecular formula is C24H22N6O3. The van der Waals surface area contributed by atoms with Gasteiger partial charge in [0.2, 0.25) is 5.91 Å². The maximum absolute atomic E-state index is 12.9. The highest BCUT2D eigenvalue weighted by molar-refractivity contribution is 5.91. The number of carbonyl (C=O) groups is 1. The summed E-state index contributed by atoms with van der Waals surface area (Å²) in [6, 6.07) is 15.2. The predicted octanol–water partition coefficient (Wildman–Crippen LogP) is 3.07. The molecule has 5 rings (SSSR count). The van der Waals surface area contributed by atoms with Gasteiger partial charge in [-0.15, -0.1) is 5.10 Å². The highest BCUT2D eigenvalue weighted by Crippen LogP contribution is 2.23. The first-order chi connectivity index (χ1) is 15.9. The molecule has 0 saturated heterocycles. The molecule has 166 valence electrons. The normalized spacial score (nSPS) is 11.2. The van der Waals surface area contributed by atoms with E-state index in [0.29, 0.717) is 16.9 Å². The zero-order valence-corrected chi connectivity index (χ0v) is 18.4. The van der Waals surface area contributed by atoms with Crippen LogP contribution >= 0.6 is 0 Å². The number of amides is 1. The van der Waals surface area contributed by atoms with E-state index in [2.05, 4.69) is 15.5 Å². The number of carbonyl (C=O) groups excluding carboxylic acids is 1. The van der Waals surface area contributed by atoms with Crippen LogP contribution in [-0.4, -0.2) is 36.8 Å². The molecule has 33 heavy (non-hydrogen) atoms. The number of hydrogen-bond acceptors (Lipinski definition) is 5. The van der Waals surface area contributed by atoms with Crippen LogP contribution in [0.5, 0.6) is 5.75 Å². The van der Waals surface area contributed by atoms with Gasteiger partial charge in [0.15, 0.2) is 5.65 Å². The summed E-state index contributed by atoms with van der Waals surface area (Å²) in [6.45, 7) is 3.72. The first-order valence-electron chi connectivity index (χ1n) is 10.4. The number of anilines is 1. The maximum atomic E-state index is 12.9. The van der Waals surface area contributed by atoms with E-state index in [1.807, 2.05) is 62.4 Å². The Bertz CT molecular complexity index is 1560. The van der Waals surface area contributed by atoms with Crippen molar-refractivity contribution in [2.45, 2.75) is 20.4 Å². The number of methoxy groups -OCH3 is 1. The molecule has 2 aromatic carbocycles. The van der Waals surface area contributed by atoms with Crippen LogP contribution in [0, 0.1) is 13.8 Å². The third-order valence-corrected chi connectivity index (χ3v) is 5.53. The molecule has 0 aliphatic rings. The molecule has 5 aromatic rings. The first-order valence-corrected chi connectivity index (χ1v) is 10.4. The van der Waals surface area contributed by atoms with Crippen molar-refractivity contribution in [2.75, 3.05) is 12.4 Å². The average molecular weight is 442 g/mol. The van der Waals surface area contributed by atoms with Gasteiger partial charge in [-0.1, -0.05) is 17.7 Å². The van der Waals surface area contributed by atoms with Crippen molar-refractivity contribution in [3.05, 3.63) is 82.5 Å². The number of ether oxygens (including phenoxy) is 1. The molecule has 0 unspecified atom stereocenters. The Labute approximate surface area is 188 Å². The Morgan fingerprint density at radius 3 is 2.55 bits per heavy atom. The summed E-state index contributed by atoms with van der Waals surface area (Å²) >= 11 is 0. The van der Waals surface area contributed by atoms with Crippen molar-refractivity contribution < 1.29 is 9.53 Å². The lowest BCUT2D eigenvalue weighted by molar-refractivity contribution is -0.117. The third kappa shape index (κ3) is 3.73. The SMILES string of the molecule is COc1ccc(-c2cc3c4nn(CC(=O)Nc5ccc(C)cc5C)c(=O)n4ccn3n2)cc1. The largest absolute Gasteiger partial charge is 0.497 e. The van der Waals surface area contributed by atoms with Gasteiger partial charge in [-0.2, -0.15) is 5.10 Å². The number of hydrogen-bond donors (Lipinski definition) is 1. The Hall–Kier alpha value is -4.40. The lowest BCUT2D eigenvalue weighted by Crippen LogP contribution is -2.28. The summed E-state index contributed by atoms with van der Waals surface area (Å²) in [4.78, 5) is 25.5. The topological polar surface area (TPSA) is 94.9 Å². The van der Waals surface area contributed by atoms with Crippen LogP contribution in [0.25, 0.3) is 22.4 Å². The van der Waals surface area contributed by atoms with Crippen molar-refractivity contribution in [2.24, 2.45) is 0 Å². The Balaban J connectivity index is 1.47. The monoisotopic (exact) mass is 442 g/mol. The molecule has 0 bridgehead atoms. The Morgan fingerprint density at radius 2 is 1.82 bits per heavy atom. The fourth-order valence-electron chi connectivity index (χ4n) is 3.82. The molecule has 0 atom stereocenters. The van der Waals surface area contributed by atoms with Crippen molar-refractivity contribution in [3.8, 4) is 17.0 Å². The van der Waals surface area contributed by atoms with Gasteiger partial charge in [-0.05, 0) is 55.8 Å². The van der Waals surface area contributed by atoms with Crippen LogP contribution in [0.2, 0.25) is 0 Å². The van der Waals surface area contributed by atoms with Crippen molar-refractivity contribution >= 4 is 22.8 Å². The van der Waals surface area contributed by atoms with Crippen LogP contribution in [-0.2, 0) is 11.3 Å². The fourth-order valence-corrected chi connectivity index (χ4v) is 3.82. The summed E-state index contributed by atoms with van der Waals surface area (Å²) in [5.74, 6) is 0.435. The summed E-state index contributed by atoms with van der Waals surface area (Å²) in [6.07, 6.45) is 3.29. The van der Waals surface area contributed by atoms with E-state index in [1.54, 1.807) is 24.0 Å². The predicted molar refractivity (Wildman–Crippen MR) is 125 cm³/mol. The number of aryl methyl sites for hydroxylation is 2. The molecule has 1 amide bonds. The van der Waals surface area contributed by atoms with E-state index >= 15 is 0 Å². The molecule has 0 saturated carbocycles. The molecule has 3 aromatic heterocycles. The van der Waals surface area contributed by atoms with Gasteiger partial charge in [-0.25, -0.2) is 18.4 Å². The number of nitrogens with zero attached hydrogens (tertiary/aromatic N) is 5. The first kappa shape index (κ1) is 20.5. The third-order valence-electron chi connectivity index (χ3n) is 5.53. The van der Waals surface area contributed by atoms with Crippen LogP contribution in [0.3, 0.4) is 0 Å². The standard InChI is InChI=1S/C24H22N6O3/c1-15-4-9-19(16(2)12-15)25-22(31)14-30-24(32)28-10-11-29-21(23(28)27-30)13-20(26-29)17-5-7-18(33-3)8-6-17/h4-13H,14H2,1-3H3,(H,25,31). The molecule has 9 heteroatoms. The fraction of sp³-hybridized carbons (Fsp3) is 0.167. The summed E-state index contributed by atoms with van der Waals surface area (Å²) in [5, 5.41) is 11.9. The molecule has 0 spiro atoms. The summed E-state index contributed by atoms with van der Waals surface area (Å²) in [7, 11) is 1.62. The smallest absolute Gasteiger partial charge is 0.350 e. The van der Waals surface area contributed by atoms with Gasteiger partial charge >= 0.3 is 5.69 Å². The van der Waals surface area contributed by atoms with Gasteiger partial charge in [0.05, 0.1) is 12.8 Å². The van der Waals surface area contributed by atoms with E-state index in [4.69, 9.17) is 4.74 Å². The average Bonchev–Trinajstić information content (AvgIpc) is 3.37. The zero-order valence-electron chi connectivity index (χ0n) is 18.4. The van der Waals surface area contributed by atoms with E-state index < -0.39 is 5.69 Å². The van der Waals surface area contributed by atoms with E-state index in [9.17, 15) is 9.59 Å². The molecule has 0 aliphatic heterocycles. The van der Waals surface area contributed by atoms with Crippen molar-refractivity contribution in [3.63, 3.8) is 0 Å². The van der Waals surface area contributed by atoms with Gasteiger partial charge < -0.3 is 10.1 Å². The zero-order chi connectivity index (χ0) is 23.1. The Morgan fingerprint density at radius 1 is 1.03 bits per heavy atom. The van der Waals surface area contributed by atoms with E-state index in [-0.39, 0.29) is 12.5 Å². The van der Waals surface area contributed by atoms with Crippen LogP contribution in [0.15, 0.2) is 65.7 Å². The maximum Gasteiger partial charge on any atom is 0.350 e. The summed E-state index contributed by atoms with van der Waals surface area (Å²) < 4.78 is 9.45. The quantitative estimate of drug-likeness (QED) is 0.451. The van der Waals surface area contributed by atoms with Gasteiger partial charge in [0.1, 0.15) is 17.8 Å². The van der Waals surface area contributed by atoms with Gasteiger partial charge in [0.25, 0.3) is 0 Å².